The van der Waals surface area contributed by atoms with Gasteiger partial charge in [0, 0.05) is 95.3 Å². The average molecular weight is 800 g/mol. The van der Waals surface area contributed by atoms with Gasteiger partial charge < -0.3 is 19.8 Å². The molecule has 2 N–H and O–H groups in total. The summed E-state index contributed by atoms with van der Waals surface area (Å²) in [6.45, 7) is 7.30. The monoisotopic (exact) mass is 799 g/mol. The quantitative estimate of drug-likeness (QED) is 0.113. The summed E-state index contributed by atoms with van der Waals surface area (Å²) in [7, 11) is 0. The zero-order chi connectivity index (χ0) is 39.9. The van der Waals surface area contributed by atoms with Crippen molar-refractivity contribution in [3.63, 3.8) is 0 Å². The minimum Gasteiger partial charge on any atom is -0.508 e. The van der Waals surface area contributed by atoms with Gasteiger partial charge in [-0.2, -0.15) is 0 Å². The number of amides is 3. The van der Waals surface area contributed by atoms with Gasteiger partial charge in [-0.1, -0.05) is 12.1 Å². The smallest absolute Gasteiger partial charge is 0.255 e. The zero-order valence-corrected chi connectivity index (χ0v) is 33.1. The van der Waals surface area contributed by atoms with Crippen LogP contribution in [0, 0.1) is 11.7 Å². The summed E-state index contributed by atoms with van der Waals surface area (Å²) >= 11 is 1.42. The number of piperidine rings is 2. The largest absolute Gasteiger partial charge is 0.508 e. The van der Waals surface area contributed by atoms with Gasteiger partial charge in [-0.15, -0.1) is 11.3 Å². The molecular weight excluding hydrogens is 754 g/mol. The number of fused-ring (bicyclic) bond motifs is 2. The Hall–Kier alpha value is -5.59. The molecule has 3 fully saturated rings. The van der Waals surface area contributed by atoms with Crippen LogP contribution in [0.3, 0.4) is 0 Å². The van der Waals surface area contributed by atoms with Crippen molar-refractivity contribution < 1.29 is 28.7 Å². The van der Waals surface area contributed by atoms with Crippen molar-refractivity contribution in [3.8, 4) is 16.2 Å². The van der Waals surface area contributed by atoms with Crippen LogP contribution in [0.15, 0.2) is 84.9 Å². The van der Waals surface area contributed by atoms with Gasteiger partial charge in [0.15, 0.2) is 5.78 Å². The van der Waals surface area contributed by atoms with Crippen molar-refractivity contribution in [2.45, 2.75) is 51.1 Å². The SMILES string of the molecule is O=C1CCC(N2Cc3cc(N4CCN(CCCC5CCN(c6ccc(C(=O)c7c(-c8ccc(F)cc8)sc8cc(O)ccc78)cc6)CC5)CC4)ccc3C2=O)C(=O)N1. The van der Waals surface area contributed by atoms with Crippen molar-refractivity contribution in [3.05, 3.63) is 113 Å². The molecule has 0 bridgehead atoms. The second kappa shape index (κ2) is 16.0. The Balaban J connectivity index is 0.737. The van der Waals surface area contributed by atoms with E-state index >= 15 is 0 Å². The number of phenolic OH excluding ortho intramolecular Hbond substituents is 1. The van der Waals surface area contributed by atoms with Gasteiger partial charge in [-0.3, -0.25) is 29.4 Å². The number of nitrogens with one attached hydrogen (secondary N) is 1. The van der Waals surface area contributed by atoms with Crippen molar-refractivity contribution in [2.75, 3.05) is 55.6 Å². The first kappa shape index (κ1) is 38.0. The Bertz CT molecular complexity index is 2380. The Morgan fingerprint density at radius 2 is 1.53 bits per heavy atom. The molecule has 4 aliphatic heterocycles. The van der Waals surface area contributed by atoms with Crippen molar-refractivity contribution in [1.29, 1.82) is 0 Å². The van der Waals surface area contributed by atoms with Gasteiger partial charge in [0.2, 0.25) is 11.8 Å². The van der Waals surface area contributed by atoms with Gasteiger partial charge in [-0.25, -0.2) is 4.39 Å². The number of phenols is 1. The molecule has 0 radical (unpaired) electrons. The number of halogens is 1. The van der Waals surface area contributed by atoms with Gasteiger partial charge in [0.1, 0.15) is 17.6 Å². The third kappa shape index (κ3) is 7.58. The van der Waals surface area contributed by atoms with E-state index < -0.39 is 6.04 Å². The Morgan fingerprint density at radius 1 is 0.810 bits per heavy atom. The van der Waals surface area contributed by atoms with E-state index in [0.29, 0.717) is 35.6 Å². The Labute approximate surface area is 340 Å². The third-order valence-electron chi connectivity index (χ3n) is 12.4. The van der Waals surface area contributed by atoms with Crippen molar-refractivity contribution >= 4 is 56.3 Å². The number of carbonyl (C=O) groups is 4. The van der Waals surface area contributed by atoms with Gasteiger partial charge in [0.25, 0.3) is 5.91 Å². The number of hydrogen-bond donors (Lipinski definition) is 2. The standard InChI is InChI=1S/C46H46FN5O5S/c47-33-7-3-31(4-8-33)44-42(38-14-12-36(53)27-40(38)58-44)43(55)30-5-9-34(10-6-30)50-20-17-29(18-21-50)2-1-19-49-22-24-51(25-23-49)35-11-13-37-32(26-35)28-52(46(37)57)39-15-16-41(54)48-45(39)56/h3-14,26-27,29,39,53H,1-2,15-25,28H2,(H,48,54,56). The lowest BCUT2D eigenvalue weighted by molar-refractivity contribution is -0.136. The fraction of sp³-hybridized carbons (Fsp3) is 0.348. The number of anilines is 2. The van der Waals surface area contributed by atoms with Gasteiger partial charge >= 0.3 is 0 Å². The van der Waals surface area contributed by atoms with E-state index in [1.165, 1.54) is 36.3 Å². The summed E-state index contributed by atoms with van der Waals surface area (Å²) in [5, 5.41) is 13.3. The second-order valence-corrected chi connectivity index (χ2v) is 17.1. The highest BCUT2D eigenvalue weighted by atomic mass is 32.1. The maximum atomic E-state index is 14.0. The second-order valence-electron chi connectivity index (χ2n) is 16.0. The number of piperazine rings is 1. The molecule has 3 amide bonds. The molecule has 5 aromatic rings. The molecule has 4 aliphatic rings. The van der Waals surface area contributed by atoms with Crippen LogP contribution in [0.5, 0.6) is 5.75 Å². The van der Waals surface area contributed by atoms with Crippen LogP contribution in [0.25, 0.3) is 20.5 Å². The average Bonchev–Trinajstić information content (AvgIpc) is 3.78. The first-order chi connectivity index (χ1) is 28.2. The molecule has 10 nitrogen and oxygen atoms in total. The molecule has 0 spiro atoms. The highest BCUT2D eigenvalue weighted by Gasteiger charge is 2.39. The molecule has 4 aromatic carbocycles. The fourth-order valence-electron chi connectivity index (χ4n) is 9.15. The zero-order valence-electron chi connectivity index (χ0n) is 32.3. The van der Waals surface area contributed by atoms with E-state index in [-0.39, 0.29) is 41.5 Å². The summed E-state index contributed by atoms with van der Waals surface area (Å²) in [5.74, 6) is -0.392. The van der Waals surface area contributed by atoms with E-state index in [0.717, 1.165) is 96.1 Å². The van der Waals surface area contributed by atoms with E-state index in [2.05, 4.69) is 26.1 Å². The minimum atomic E-state index is -0.600. The molecule has 0 aliphatic carbocycles. The molecule has 3 saturated heterocycles. The van der Waals surface area contributed by atoms with Crippen molar-refractivity contribution in [2.24, 2.45) is 5.92 Å². The number of hydrogen-bond acceptors (Lipinski definition) is 9. The molecule has 1 aromatic heterocycles. The first-order valence-corrected chi connectivity index (χ1v) is 21.2. The molecule has 1 atom stereocenters. The lowest BCUT2D eigenvalue weighted by atomic mass is 9.91. The predicted octanol–water partition coefficient (Wildman–Crippen LogP) is 7.22. The number of carbonyl (C=O) groups excluding carboxylic acids is 4. The highest BCUT2D eigenvalue weighted by molar-refractivity contribution is 7.22. The van der Waals surface area contributed by atoms with Crippen LogP contribution >= 0.6 is 11.3 Å². The number of rotatable bonds is 10. The van der Waals surface area contributed by atoms with E-state index in [1.807, 2.05) is 36.4 Å². The number of aromatic hydroxyl groups is 1. The molecule has 9 rings (SSSR count). The number of benzene rings is 4. The molecule has 1 unspecified atom stereocenters. The van der Waals surface area contributed by atoms with Crippen LogP contribution in [0.4, 0.5) is 15.8 Å². The molecule has 12 heteroatoms. The van der Waals surface area contributed by atoms with E-state index in [1.54, 1.807) is 35.2 Å². The van der Waals surface area contributed by atoms with Gasteiger partial charge in [0.05, 0.1) is 0 Å². The van der Waals surface area contributed by atoms with E-state index in [4.69, 9.17) is 0 Å². The predicted molar refractivity (Wildman–Crippen MR) is 224 cm³/mol. The highest BCUT2D eigenvalue weighted by Crippen LogP contribution is 2.41. The van der Waals surface area contributed by atoms with Crippen LogP contribution in [-0.2, 0) is 16.1 Å². The number of thiophene rings is 1. The summed E-state index contributed by atoms with van der Waals surface area (Å²) in [6, 6.07) is 24.5. The molecule has 298 valence electrons. The molecule has 58 heavy (non-hydrogen) atoms. The maximum Gasteiger partial charge on any atom is 0.255 e. The normalized spacial score (nSPS) is 19.2. The van der Waals surface area contributed by atoms with Crippen LogP contribution in [0.1, 0.15) is 70.4 Å². The van der Waals surface area contributed by atoms with Gasteiger partial charge in [-0.05, 0) is 128 Å². The Morgan fingerprint density at radius 3 is 2.28 bits per heavy atom. The van der Waals surface area contributed by atoms with Crippen LogP contribution < -0.4 is 15.1 Å². The first-order valence-electron chi connectivity index (χ1n) is 20.3. The van der Waals surface area contributed by atoms with E-state index in [9.17, 15) is 28.7 Å². The third-order valence-corrected chi connectivity index (χ3v) is 13.6. The van der Waals surface area contributed by atoms with Crippen LogP contribution in [0.2, 0.25) is 0 Å². The van der Waals surface area contributed by atoms with Crippen molar-refractivity contribution in [1.82, 2.24) is 15.1 Å². The summed E-state index contributed by atoms with van der Waals surface area (Å²) in [4.78, 5) is 60.9. The fourth-order valence-corrected chi connectivity index (χ4v) is 10.4. The maximum absolute atomic E-state index is 14.0. The topological polar surface area (TPSA) is 114 Å². The number of nitrogens with zero attached hydrogens (tertiary/aromatic N) is 4. The summed E-state index contributed by atoms with van der Waals surface area (Å²) in [6.07, 6.45) is 5.30. The Kier molecular flexibility index (Phi) is 10.5. The number of imide groups is 1. The molecular formula is C46H46FN5O5S. The molecule has 5 heterocycles. The minimum absolute atomic E-state index is 0.0936. The number of ketones is 1. The lowest BCUT2D eigenvalue weighted by Crippen LogP contribution is -2.52. The van der Waals surface area contributed by atoms with Crippen LogP contribution in [-0.4, -0.2) is 90.3 Å². The summed E-state index contributed by atoms with van der Waals surface area (Å²) in [5.41, 5.74) is 5.75. The summed E-state index contributed by atoms with van der Waals surface area (Å²) < 4.78 is 14.5. The lowest BCUT2D eigenvalue weighted by Gasteiger charge is -2.37. The molecule has 0 saturated carbocycles.